The van der Waals surface area contributed by atoms with Gasteiger partial charge in [-0.3, -0.25) is 0 Å². The van der Waals surface area contributed by atoms with Crippen molar-refractivity contribution in [2.24, 2.45) is 5.92 Å². The normalized spacial score (nSPS) is 16.1. The van der Waals surface area contributed by atoms with Gasteiger partial charge in [-0.25, -0.2) is 0 Å². The van der Waals surface area contributed by atoms with Crippen molar-refractivity contribution in [2.45, 2.75) is 126 Å². The lowest BCUT2D eigenvalue weighted by Gasteiger charge is -2.17. The topological polar surface area (TPSA) is 17.1 Å². The highest BCUT2D eigenvalue weighted by Crippen LogP contribution is 2.26. The Hall–Kier alpha value is -1.89. The summed E-state index contributed by atoms with van der Waals surface area (Å²) >= 11 is 0. The van der Waals surface area contributed by atoms with Crippen LogP contribution in [-0.2, 0) is 4.79 Å². The molecular formula is C33H54O. The fraction of sp³-hybridized carbons (Fsp3) is 0.606. The molecule has 0 unspecified atom stereocenters. The number of hydrogen-bond acceptors (Lipinski definition) is 1. The standard InChI is InChI=1S/C18H28O.C15H26/c1-15(2)7-4-8-16(3)9-5-10-17-11-6-12-18(13-17)14-19;1-6-14(4)10-8-12-15(5)11-7-9-13(2)3/h7,9,11,14,18H,4-6,8,10,12-13H2,1-3H3;9,12H,4,6-8,10-11H2,1-3,5H3/b16-9+;15-12+/t18-;/m0./s1. The molecule has 0 radical (unpaired) electrons. The lowest BCUT2D eigenvalue weighted by molar-refractivity contribution is -0.111. The summed E-state index contributed by atoms with van der Waals surface area (Å²) in [6.45, 7) is 19.3. The Bertz CT molecular complexity index is 731. The van der Waals surface area contributed by atoms with Crippen molar-refractivity contribution in [3.8, 4) is 0 Å². The summed E-state index contributed by atoms with van der Waals surface area (Å²) in [6.07, 6.45) is 26.3. The largest absolute Gasteiger partial charge is 0.303 e. The van der Waals surface area contributed by atoms with Gasteiger partial charge >= 0.3 is 0 Å². The third-order valence-electron chi connectivity index (χ3n) is 6.32. The number of allylic oxidation sites excluding steroid dienone is 11. The van der Waals surface area contributed by atoms with E-state index in [1.165, 1.54) is 52.7 Å². The molecule has 1 rings (SSSR count). The minimum Gasteiger partial charge on any atom is -0.303 e. The van der Waals surface area contributed by atoms with Gasteiger partial charge < -0.3 is 4.79 Å². The first-order valence-electron chi connectivity index (χ1n) is 13.6. The SMILES string of the molecule is C=C(CC)CC/C=C(\C)CCC=C(C)C.CC(C)=CCC/C(C)=C/CCC1=CCC[C@H](C=O)C1. The summed E-state index contributed by atoms with van der Waals surface area (Å²) in [4.78, 5) is 10.8. The van der Waals surface area contributed by atoms with E-state index in [-0.39, 0.29) is 5.92 Å². The van der Waals surface area contributed by atoms with Crippen LogP contribution >= 0.6 is 0 Å². The second-order valence-electron chi connectivity index (χ2n) is 10.5. The zero-order valence-electron chi connectivity index (χ0n) is 23.6. The molecule has 192 valence electrons. The minimum atomic E-state index is 0.280. The average molecular weight is 467 g/mol. The fourth-order valence-electron chi connectivity index (χ4n) is 3.93. The number of rotatable bonds is 14. The summed E-state index contributed by atoms with van der Waals surface area (Å²) in [5.74, 6) is 0.280. The number of carbonyl (C=O) groups excluding carboxylic acids is 1. The maximum Gasteiger partial charge on any atom is 0.123 e. The highest BCUT2D eigenvalue weighted by molar-refractivity contribution is 5.54. The minimum absolute atomic E-state index is 0.280. The Kier molecular flexibility index (Phi) is 19.3. The first-order valence-corrected chi connectivity index (χ1v) is 13.6. The van der Waals surface area contributed by atoms with Crippen LogP contribution in [0.3, 0.4) is 0 Å². The van der Waals surface area contributed by atoms with E-state index in [2.05, 4.69) is 85.4 Å². The van der Waals surface area contributed by atoms with E-state index >= 15 is 0 Å². The summed E-state index contributed by atoms with van der Waals surface area (Å²) in [7, 11) is 0. The molecular weight excluding hydrogens is 412 g/mol. The summed E-state index contributed by atoms with van der Waals surface area (Å²) < 4.78 is 0. The first-order chi connectivity index (χ1) is 16.2. The smallest absolute Gasteiger partial charge is 0.123 e. The molecule has 0 aromatic carbocycles. The van der Waals surface area contributed by atoms with Crippen molar-refractivity contribution in [1.82, 2.24) is 0 Å². The average Bonchev–Trinajstić information content (AvgIpc) is 2.79. The van der Waals surface area contributed by atoms with Crippen LogP contribution in [0.4, 0.5) is 0 Å². The van der Waals surface area contributed by atoms with E-state index in [0.717, 1.165) is 64.1 Å². The summed E-state index contributed by atoms with van der Waals surface area (Å²) in [5, 5.41) is 0. The fourth-order valence-corrected chi connectivity index (χ4v) is 3.93. The summed E-state index contributed by atoms with van der Waals surface area (Å²) in [6, 6.07) is 0. The second kappa shape index (κ2) is 20.5. The molecule has 34 heavy (non-hydrogen) atoms. The van der Waals surface area contributed by atoms with Crippen molar-refractivity contribution >= 4 is 6.29 Å². The Balaban J connectivity index is 0.000000661. The highest BCUT2D eigenvalue weighted by Gasteiger charge is 2.13. The first kappa shape index (κ1) is 32.1. The van der Waals surface area contributed by atoms with Crippen LogP contribution < -0.4 is 0 Å². The maximum absolute atomic E-state index is 10.8. The van der Waals surface area contributed by atoms with Crippen molar-refractivity contribution in [1.29, 1.82) is 0 Å². The lowest BCUT2D eigenvalue weighted by Crippen LogP contribution is -2.07. The van der Waals surface area contributed by atoms with Crippen LogP contribution in [0.1, 0.15) is 126 Å². The van der Waals surface area contributed by atoms with Gasteiger partial charge in [-0.05, 0) is 119 Å². The number of hydrogen-bond donors (Lipinski definition) is 0. The van der Waals surface area contributed by atoms with E-state index < -0.39 is 0 Å². The van der Waals surface area contributed by atoms with E-state index in [4.69, 9.17) is 0 Å². The Labute approximate surface area is 212 Å². The van der Waals surface area contributed by atoms with Crippen LogP contribution in [0.2, 0.25) is 0 Å². The molecule has 0 bridgehead atoms. The third-order valence-corrected chi connectivity index (χ3v) is 6.32. The summed E-state index contributed by atoms with van der Waals surface area (Å²) in [5.41, 5.74) is 8.67. The third kappa shape index (κ3) is 19.6. The molecule has 1 aliphatic rings. The van der Waals surface area contributed by atoms with E-state index in [0.29, 0.717) is 0 Å². The Morgan fingerprint density at radius 1 is 0.853 bits per heavy atom. The molecule has 0 aliphatic heterocycles. The number of aldehydes is 1. The van der Waals surface area contributed by atoms with Gasteiger partial charge in [-0.15, -0.1) is 0 Å². The molecule has 0 N–H and O–H groups in total. The molecule has 0 spiro atoms. The van der Waals surface area contributed by atoms with Crippen molar-refractivity contribution in [3.63, 3.8) is 0 Å². The molecule has 1 nitrogen and oxygen atoms in total. The molecule has 0 aromatic rings. The molecule has 0 fully saturated rings. The van der Waals surface area contributed by atoms with E-state index in [1.807, 2.05) is 0 Å². The zero-order chi connectivity index (χ0) is 25.8. The number of carbonyl (C=O) groups is 1. The van der Waals surface area contributed by atoms with E-state index in [1.54, 1.807) is 0 Å². The zero-order valence-corrected chi connectivity index (χ0v) is 23.6. The van der Waals surface area contributed by atoms with Gasteiger partial charge in [-0.2, -0.15) is 0 Å². The molecule has 0 saturated carbocycles. The van der Waals surface area contributed by atoms with Gasteiger partial charge in [0.2, 0.25) is 0 Å². The van der Waals surface area contributed by atoms with Crippen LogP contribution in [0.15, 0.2) is 70.4 Å². The quantitative estimate of drug-likeness (QED) is 0.184. The van der Waals surface area contributed by atoms with E-state index in [9.17, 15) is 4.79 Å². The molecule has 1 heteroatoms. The van der Waals surface area contributed by atoms with Crippen LogP contribution in [0, 0.1) is 5.92 Å². The molecule has 1 atom stereocenters. The molecule has 0 saturated heterocycles. The van der Waals surface area contributed by atoms with Gasteiger partial charge in [0.15, 0.2) is 0 Å². The van der Waals surface area contributed by atoms with Crippen molar-refractivity contribution < 1.29 is 4.79 Å². The maximum atomic E-state index is 10.8. The molecule has 0 heterocycles. The Morgan fingerprint density at radius 2 is 1.38 bits per heavy atom. The molecule has 1 aliphatic carbocycles. The van der Waals surface area contributed by atoms with Crippen LogP contribution in [0.25, 0.3) is 0 Å². The van der Waals surface area contributed by atoms with Gasteiger partial charge in [0.05, 0.1) is 0 Å². The van der Waals surface area contributed by atoms with Crippen molar-refractivity contribution in [3.05, 3.63) is 70.4 Å². The highest BCUT2D eigenvalue weighted by atomic mass is 16.1. The Morgan fingerprint density at radius 3 is 1.88 bits per heavy atom. The second-order valence-corrected chi connectivity index (χ2v) is 10.5. The predicted molar refractivity (Wildman–Crippen MR) is 154 cm³/mol. The van der Waals surface area contributed by atoms with Crippen LogP contribution in [0.5, 0.6) is 0 Å². The van der Waals surface area contributed by atoms with Gasteiger partial charge in [0, 0.05) is 5.92 Å². The van der Waals surface area contributed by atoms with Gasteiger partial charge in [0.25, 0.3) is 0 Å². The van der Waals surface area contributed by atoms with Gasteiger partial charge in [-0.1, -0.05) is 77.3 Å². The van der Waals surface area contributed by atoms with Crippen molar-refractivity contribution in [2.75, 3.05) is 0 Å². The lowest BCUT2D eigenvalue weighted by atomic mass is 9.88. The van der Waals surface area contributed by atoms with Crippen LogP contribution in [-0.4, -0.2) is 6.29 Å². The molecule has 0 aromatic heterocycles. The monoisotopic (exact) mass is 466 g/mol. The predicted octanol–water partition coefficient (Wildman–Crippen LogP) is 10.8. The molecule has 0 amide bonds. The van der Waals surface area contributed by atoms with Gasteiger partial charge in [0.1, 0.15) is 6.29 Å².